The van der Waals surface area contributed by atoms with Gasteiger partial charge in [-0.3, -0.25) is 14.9 Å². The summed E-state index contributed by atoms with van der Waals surface area (Å²) in [5.74, 6) is 0.746. The first-order valence-electron chi connectivity index (χ1n) is 8.40. The molecule has 1 saturated carbocycles. The Balaban J connectivity index is 0.00000208. The number of nitrogens with zero attached hydrogens (tertiary/aromatic N) is 1. The molecule has 1 heterocycles. The minimum absolute atomic E-state index is 0. The van der Waals surface area contributed by atoms with E-state index >= 15 is 0 Å². The molecule has 132 valence electrons. The summed E-state index contributed by atoms with van der Waals surface area (Å²) < 4.78 is 0. The van der Waals surface area contributed by atoms with Gasteiger partial charge in [-0.1, -0.05) is 25.0 Å². The Labute approximate surface area is 148 Å². The fourth-order valence-corrected chi connectivity index (χ4v) is 3.76. The Bertz CT molecular complexity index is 565. The number of halogens is 1. The molecule has 3 atom stereocenters. The van der Waals surface area contributed by atoms with Crippen LogP contribution in [0.15, 0.2) is 24.3 Å². The largest absolute Gasteiger partial charge is 0.354 e. The minimum atomic E-state index is -0.406. The van der Waals surface area contributed by atoms with Crippen LogP contribution in [0, 0.1) is 16.0 Å². The highest BCUT2D eigenvalue weighted by molar-refractivity contribution is 5.85. The first kappa shape index (κ1) is 18.7. The number of amides is 1. The maximum absolute atomic E-state index is 12.3. The lowest BCUT2D eigenvalue weighted by atomic mass is 9.85. The molecule has 3 unspecified atom stereocenters. The molecule has 3 rings (SSSR count). The smallest absolute Gasteiger partial charge is 0.269 e. The van der Waals surface area contributed by atoms with E-state index in [2.05, 4.69) is 10.6 Å². The summed E-state index contributed by atoms with van der Waals surface area (Å²) in [7, 11) is 0. The number of non-ortho nitro benzene ring substituents is 1. The van der Waals surface area contributed by atoms with Crippen LogP contribution >= 0.6 is 12.4 Å². The number of benzene rings is 1. The van der Waals surface area contributed by atoms with Crippen molar-refractivity contribution in [2.45, 2.75) is 50.6 Å². The number of fused-ring (bicyclic) bond motifs is 1. The lowest BCUT2D eigenvalue weighted by molar-refractivity contribution is -0.384. The number of carbonyl (C=O) groups is 1. The Hall–Kier alpha value is -1.66. The van der Waals surface area contributed by atoms with Gasteiger partial charge in [-0.2, -0.15) is 0 Å². The second-order valence-corrected chi connectivity index (χ2v) is 6.57. The van der Waals surface area contributed by atoms with E-state index in [-0.39, 0.29) is 30.0 Å². The molecule has 1 aliphatic heterocycles. The van der Waals surface area contributed by atoms with E-state index in [0.29, 0.717) is 24.9 Å². The zero-order chi connectivity index (χ0) is 16.2. The molecular formula is C17H24ClN3O3. The van der Waals surface area contributed by atoms with E-state index in [4.69, 9.17) is 0 Å². The van der Waals surface area contributed by atoms with E-state index in [1.165, 1.54) is 37.8 Å². The van der Waals surface area contributed by atoms with Crippen LogP contribution in [0.5, 0.6) is 0 Å². The van der Waals surface area contributed by atoms with Crippen LogP contribution in [-0.2, 0) is 11.2 Å². The van der Waals surface area contributed by atoms with Gasteiger partial charge < -0.3 is 10.6 Å². The van der Waals surface area contributed by atoms with E-state index in [0.717, 1.165) is 12.0 Å². The lowest BCUT2D eigenvalue weighted by Crippen LogP contribution is -2.43. The molecule has 1 saturated heterocycles. The average molecular weight is 354 g/mol. The number of rotatable bonds is 5. The van der Waals surface area contributed by atoms with Crippen molar-refractivity contribution in [3.05, 3.63) is 39.9 Å². The Kier molecular flexibility index (Phi) is 6.57. The van der Waals surface area contributed by atoms with Gasteiger partial charge in [-0.05, 0) is 37.2 Å². The highest BCUT2D eigenvalue weighted by Crippen LogP contribution is 2.33. The second-order valence-electron chi connectivity index (χ2n) is 6.57. The van der Waals surface area contributed by atoms with E-state index < -0.39 is 4.92 Å². The van der Waals surface area contributed by atoms with Gasteiger partial charge in [-0.25, -0.2) is 0 Å². The SMILES string of the molecule is Cl.O=C(NCCc1ccc([N+](=O)[O-])cc1)C1CC2CCCCC2N1. The molecular weight excluding hydrogens is 330 g/mol. The fraction of sp³-hybridized carbons (Fsp3) is 0.588. The first-order valence-corrected chi connectivity index (χ1v) is 8.40. The standard InChI is InChI=1S/C17H23N3O3.ClH/c21-17(16-11-13-3-1-2-4-15(13)19-16)18-10-9-12-5-7-14(8-6-12)20(22)23;/h5-8,13,15-16,19H,1-4,9-11H2,(H,18,21);1H. The van der Waals surface area contributed by atoms with Crippen molar-refractivity contribution in [3.8, 4) is 0 Å². The van der Waals surface area contributed by atoms with Crippen LogP contribution < -0.4 is 10.6 Å². The Morgan fingerprint density at radius 1 is 1.25 bits per heavy atom. The topological polar surface area (TPSA) is 84.3 Å². The van der Waals surface area contributed by atoms with Crippen molar-refractivity contribution in [2.24, 2.45) is 5.92 Å². The summed E-state index contributed by atoms with van der Waals surface area (Å²) >= 11 is 0. The number of nitro groups is 1. The predicted molar refractivity (Wildman–Crippen MR) is 94.3 cm³/mol. The molecule has 6 nitrogen and oxygen atoms in total. The number of hydrogen-bond donors (Lipinski definition) is 2. The molecule has 1 aliphatic carbocycles. The summed E-state index contributed by atoms with van der Waals surface area (Å²) in [6.45, 7) is 0.560. The number of nitro benzene ring substituents is 1. The van der Waals surface area contributed by atoms with Crippen LogP contribution in [0.3, 0.4) is 0 Å². The first-order chi connectivity index (χ1) is 11.1. The van der Waals surface area contributed by atoms with Crippen LogP contribution in [0.25, 0.3) is 0 Å². The molecule has 0 radical (unpaired) electrons. The maximum atomic E-state index is 12.3. The fourth-order valence-electron chi connectivity index (χ4n) is 3.76. The molecule has 2 fully saturated rings. The number of carbonyl (C=O) groups excluding carboxylic acids is 1. The van der Waals surface area contributed by atoms with Gasteiger partial charge in [0.25, 0.3) is 5.69 Å². The molecule has 0 bridgehead atoms. The normalized spacial score (nSPS) is 25.4. The van der Waals surface area contributed by atoms with E-state index in [9.17, 15) is 14.9 Å². The number of nitrogens with one attached hydrogen (secondary N) is 2. The second kappa shape index (κ2) is 8.44. The van der Waals surface area contributed by atoms with Crippen molar-refractivity contribution >= 4 is 24.0 Å². The molecule has 2 aliphatic rings. The molecule has 0 spiro atoms. The molecule has 2 N–H and O–H groups in total. The zero-order valence-corrected chi connectivity index (χ0v) is 14.4. The summed E-state index contributed by atoms with van der Waals surface area (Å²) in [4.78, 5) is 22.5. The van der Waals surface area contributed by atoms with Crippen LogP contribution in [0.2, 0.25) is 0 Å². The molecule has 1 aromatic carbocycles. The molecule has 1 amide bonds. The monoisotopic (exact) mass is 353 g/mol. The van der Waals surface area contributed by atoms with Crippen molar-refractivity contribution in [1.29, 1.82) is 0 Å². The van der Waals surface area contributed by atoms with Crippen LogP contribution in [-0.4, -0.2) is 29.5 Å². The van der Waals surface area contributed by atoms with Crippen molar-refractivity contribution in [2.75, 3.05) is 6.54 Å². The van der Waals surface area contributed by atoms with Crippen LogP contribution in [0.4, 0.5) is 5.69 Å². The Morgan fingerprint density at radius 3 is 2.62 bits per heavy atom. The van der Waals surface area contributed by atoms with Gasteiger partial charge in [-0.15, -0.1) is 12.4 Å². The quantitative estimate of drug-likeness (QED) is 0.629. The van der Waals surface area contributed by atoms with Crippen molar-refractivity contribution < 1.29 is 9.72 Å². The highest BCUT2D eigenvalue weighted by Gasteiger charge is 2.37. The highest BCUT2D eigenvalue weighted by atomic mass is 35.5. The van der Waals surface area contributed by atoms with Crippen LogP contribution in [0.1, 0.15) is 37.7 Å². The van der Waals surface area contributed by atoms with E-state index in [1.54, 1.807) is 12.1 Å². The van der Waals surface area contributed by atoms with Gasteiger partial charge in [0, 0.05) is 24.7 Å². The molecule has 1 aromatic rings. The third kappa shape index (κ3) is 4.45. The summed E-state index contributed by atoms with van der Waals surface area (Å²) in [5.41, 5.74) is 1.08. The molecule has 24 heavy (non-hydrogen) atoms. The lowest BCUT2D eigenvalue weighted by Gasteiger charge is -2.24. The van der Waals surface area contributed by atoms with Gasteiger partial charge >= 0.3 is 0 Å². The predicted octanol–water partition coefficient (Wildman–Crippen LogP) is 2.60. The molecule has 7 heteroatoms. The van der Waals surface area contributed by atoms with Gasteiger partial charge in [0.15, 0.2) is 0 Å². The van der Waals surface area contributed by atoms with Gasteiger partial charge in [0.05, 0.1) is 11.0 Å². The van der Waals surface area contributed by atoms with E-state index in [1.807, 2.05) is 0 Å². The minimum Gasteiger partial charge on any atom is -0.354 e. The van der Waals surface area contributed by atoms with Crippen molar-refractivity contribution in [3.63, 3.8) is 0 Å². The summed E-state index contributed by atoms with van der Waals surface area (Å²) in [5, 5.41) is 17.1. The number of hydrogen-bond acceptors (Lipinski definition) is 4. The summed E-state index contributed by atoms with van der Waals surface area (Å²) in [6, 6.07) is 6.95. The third-order valence-corrected chi connectivity index (χ3v) is 5.04. The maximum Gasteiger partial charge on any atom is 0.269 e. The zero-order valence-electron chi connectivity index (χ0n) is 13.6. The Morgan fingerprint density at radius 2 is 1.96 bits per heavy atom. The third-order valence-electron chi connectivity index (χ3n) is 5.04. The van der Waals surface area contributed by atoms with Gasteiger partial charge in [0.1, 0.15) is 0 Å². The average Bonchev–Trinajstić information content (AvgIpc) is 2.99. The van der Waals surface area contributed by atoms with Crippen molar-refractivity contribution in [1.82, 2.24) is 10.6 Å². The van der Waals surface area contributed by atoms with Gasteiger partial charge in [0.2, 0.25) is 5.91 Å². The molecule has 0 aromatic heterocycles. The summed E-state index contributed by atoms with van der Waals surface area (Å²) in [6.07, 6.45) is 6.62.